The summed E-state index contributed by atoms with van der Waals surface area (Å²) in [5, 5.41) is 5.65. The van der Waals surface area contributed by atoms with Crippen LogP contribution in [0.5, 0.6) is 5.75 Å². The molecule has 0 aliphatic heterocycles. The zero-order valence-corrected chi connectivity index (χ0v) is 17.6. The first-order chi connectivity index (χ1) is 14.9. The van der Waals surface area contributed by atoms with Crippen LogP contribution < -0.4 is 20.3 Å². The van der Waals surface area contributed by atoms with Gasteiger partial charge in [-0.1, -0.05) is 24.3 Å². The molecule has 0 bridgehead atoms. The van der Waals surface area contributed by atoms with Crippen LogP contribution in [0.4, 0.5) is 15.8 Å². The monoisotopic (exact) mass is 421 g/mol. The molecule has 3 aromatic carbocycles. The zero-order chi connectivity index (χ0) is 22.4. The van der Waals surface area contributed by atoms with E-state index >= 15 is 0 Å². The third kappa shape index (κ3) is 5.39. The molecule has 0 spiro atoms. The average Bonchev–Trinajstić information content (AvgIpc) is 2.78. The van der Waals surface area contributed by atoms with Crippen LogP contribution >= 0.6 is 0 Å². The standard InChI is InChI=1S/C24H24FN3O3/c1-28(2)21-13-12-18(27-24(30)19-6-4-5-7-22(19)31-3)14-20(21)23(29)26-15-16-8-10-17(25)11-9-16/h4-14H,15H2,1-3H3,(H,26,29)(H,27,30). The number of para-hydroxylation sites is 1. The van der Waals surface area contributed by atoms with E-state index in [4.69, 9.17) is 4.74 Å². The highest BCUT2D eigenvalue weighted by molar-refractivity contribution is 6.07. The molecule has 0 saturated carbocycles. The van der Waals surface area contributed by atoms with Crippen molar-refractivity contribution in [2.45, 2.75) is 6.54 Å². The highest BCUT2D eigenvalue weighted by atomic mass is 19.1. The highest BCUT2D eigenvalue weighted by Crippen LogP contribution is 2.25. The van der Waals surface area contributed by atoms with E-state index in [1.54, 1.807) is 54.6 Å². The zero-order valence-electron chi connectivity index (χ0n) is 17.6. The minimum Gasteiger partial charge on any atom is -0.496 e. The Hall–Kier alpha value is -3.87. The van der Waals surface area contributed by atoms with Crippen LogP contribution in [0.15, 0.2) is 66.7 Å². The largest absolute Gasteiger partial charge is 0.496 e. The smallest absolute Gasteiger partial charge is 0.259 e. The molecule has 0 aliphatic carbocycles. The van der Waals surface area contributed by atoms with Crippen molar-refractivity contribution in [3.8, 4) is 5.75 Å². The maximum Gasteiger partial charge on any atom is 0.259 e. The molecule has 31 heavy (non-hydrogen) atoms. The summed E-state index contributed by atoms with van der Waals surface area (Å²) in [5.74, 6) is -0.514. The van der Waals surface area contributed by atoms with Gasteiger partial charge in [0.25, 0.3) is 11.8 Å². The van der Waals surface area contributed by atoms with E-state index in [-0.39, 0.29) is 24.2 Å². The van der Waals surface area contributed by atoms with Crippen LogP contribution in [-0.2, 0) is 6.54 Å². The number of nitrogens with one attached hydrogen (secondary N) is 2. The van der Waals surface area contributed by atoms with Gasteiger partial charge in [-0.25, -0.2) is 4.39 Å². The molecule has 160 valence electrons. The minimum atomic E-state index is -0.340. The molecule has 0 saturated heterocycles. The van der Waals surface area contributed by atoms with E-state index in [0.29, 0.717) is 28.3 Å². The molecule has 0 atom stereocenters. The van der Waals surface area contributed by atoms with E-state index in [9.17, 15) is 14.0 Å². The summed E-state index contributed by atoms with van der Waals surface area (Å²) in [7, 11) is 5.17. The Kier molecular flexibility index (Phi) is 6.87. The van der Waals surface area contributed by atoms with E-state index < -0.39 is 0 Å². The molecule has 7 heteroatoms. The van der Waals surface area contributed by atoms with Crippen molar-refractivity contribution in [1.82, 2.24) is 5.32 Å². The number of hydrogen-bond acceptors (Lipinski definition) is 4. The molecule has 0 radical (unpaired) electrons. The summed E-state index contributed by atoms with van der Waals surface area (Å²) < 4.78 is 18.3. The van der Waals surface area contributed by atoms with Crippen LogP contribution in [0.1, 0.15) is 26.3 Å². The van der Waals surface area contributed by atoms with Crippen LogP contribution in [0, 0.1) is 5.82 Å². The molecule has 0 heterocycles. The van der Waals surface area contributed by atoms with Crippen LogP contribution in [0.3, 0.4) is 0 Å². The third-order valence-corrected chi connectivity index (χ3v) is 4.70. The van der Waals surface area contributed by atoms with Gasteiger partial charge in [-0.3, -0.25) is 9.59 Å². The Morgan fingerprint density at radius 1 is 0.935 bits per heavy atom. The van der Waals surface area contributed by atoms with Crippen molar-refractivity contribution in [3.05, 3.63) is 89.2 Å². The normalized spacial score (nSPS) is 10.3. The second kappa shape index (κ2) is 9.75. The second-order valence-electron chi connectivity index (χ2n) is 7.09. The summed E-state index contributed by atoms with van der Waals surface area (Å²) in [6.45, 7) is 0.254. The molecule has 0 fully saturated rings. The summed E-state index contributed by atoms with van der Waals surface area (Å²) in [6.07, 6.45) is 0. The first kappa shape index (κ1) is 21.8. The molecular weight excluding hydrogens is 397 g/mol. The summed E-state index contributed by atoms with van der Waals surface area (Å²) in [4.78, 5) is 27.4. The Morgan fingerprint density at radius 3 is 2.32 bits per heavy atom. The fraction of sp³-hybridized carbons (Fsp3) is 0.167. The molecule has 2 amide bonds. The topological polar surface area (TPSA) is 70.7 Å². The van der Waals surface area contributed by atoms with Crippen molar-refractivity contribution in [2.75, 3.05) is 31.4 Å². The van der Waals surface area contributed by atoms with Crippen molar-refractivity contribution >= 4 is 23.2 Å². The number of carbonyl (C=O) groups excluding carboxylic acids is 2. The Bertz CT molecular complexity index is 1080. The number of benzene rings is 3. The Balaban J connectivity index is 1.80. The predicted octanol–water partition coefficient (Wildman–Crippen LogP) is 4.08. The summed E-state index contributed by atoms with van der Waals surface area (Å²) in [5.41, 5.74) is 2.76. The quantitative estimate of drug-likeness (QED) is 0.603. The number of carbonyl (C=O) groups is 2. The van der Waals surface area contributed by atoms with Gasteiger partial charge in [-0.2, -0.15) is 0 Å². The lowest BCUT2D eigenvalue weighted by Crippen LogP contribution is -2.25. The number of methoxy groups -OCH3 is 1. The number of amides is 2. The fourth-order valence-corrected chi connectivity index (χ4v) is 3.10. The first-order valence-corrected chi connectivity index (χ1v) is 9.67. The molecule has 0 aromatic heterocycles. The lowest BCUT2D eigenvalue weighted by Gasteiger charge is -2.19. The van der Waals surface area contributed by atoms with Gasteiger partial charge in [0.2, 0.25) is 0 Å². The summed E-state index contributed by atoms with van der Waals surface area (Å²) >= 11 is 0. The van der Waals surface area contributed by atoms with E-state index in [0.717, 1.165) is 5.56 Å². The van der Waals surface area contributed by atoms with Crippen molar-refractivity contribution < 1.29 is 18.7 Å². The van der Waals surface area contributed by atoms with Gasteiger partial charge in [0, 0.05) is 32.0 Å². The van der Waals surface area contributed by atoms with E-state index in [2.05, 4.69) is 10.6 Å². The van der Waals surface area contributed by atoms with Gasteiger partial charge in [0.15, 0.2) is 0 Å². The Labute approximate surface area is 180 Å². The molecule has 3 rings (SSSR count). The van der Waals surface area contributed by atoms with Crippen LogP contribution in [0.25, 0.3) is 0 Å². The number of hydrogen-bond donors (Lipinski definition) is 2. The molecule has 2 N–H and O–H groups in total. The second-order valence-corrected chi connectivity index (χ2v) is 7.09. The van der Waals surface area contributed by atoms with Crippen molar-refractivity contribution in [1.29, 1.82) is 0 Å². The summed E-state index contributed by atoms with van der Waals surface area (Å²) in [6, 6.07) is 18.0. The van der Waals surface area contributed by atoms with Crippen LogP contribution in [-0.4, -0.2) is 33.0 Å². The lowest BCUT2D eigenvalue weighted by molar-refractivity contribution is 0.0950. The number of halogens is 1. The van der Waals surface area contributed by atoms with Gasteiger partial charge < -0.3 is 20.3 Å². The maximum atomic E-state index is 13.1. The number of rotatable bonds is 7. The Morgan fingerprint density at radius 2 is 1.65 bits per heavy atom. The molecule has 0 aliphatic rings. The van der Waals surface area contributed by atoms with Gasteiger partial charge in [-0.05, 0) is 48.0 Å². The van der Waals surface area contributed by atoms with Gasteiger partial charge in [0.05, 0.1) is 18.2 Å². The van der Waals surface area contributed by atoms with E-state index in [1.807, 2.05) is 19.0 Å². The lowest BCUT2D eigenvalue weighted by atomic mass is 10.1. The fourth-order valence-electron chi connectivity index (χ4n) is 3.10. The van der Waals surface area contributed by atoms with Gasteiger partial charge >= 0.3 is 0 Å². The maximum absolute atomic E-state index is 13.1. The van der Waals surface area contributed by atoms with E-state index in [1.165, 1.54) is 19.2 Å². The number of ether oxygens (including phenoxy) is 1. The highest BCUT2D eigenvalue weighted by Gasteiger charge is 2.16. The van der Waals surface area contributed by atoms with Gasteiger partial charge in [0.1, 0.15) is 11.6 Å². The van der Waals surface area contributed by atoms with Crippen molar-refractivity contribution in [3.63, 3.8) is 0 Å². The van der Waals surface area contributed by atoms with Crippen LogP contribution in [0.2, 0.25) is 0 Å². The third-order valence-electron chi connectivity index (χ3n) is 4.70. The minimum absolute atomic E-state index is 0.254. The first-order valence-electron chi connectivity index (χ1n) is 9.67. The molecule has 6 nitrogen and oxygen atoms in total. The predicted molar refractivity (Wildman–Crippen MR) is 119 cm³/mol. The molecular formula is C24H24FN3O3. The SMILES string of the molecule is COc1ccccc1C(=O)Nc1ccc(N(C)C)c(C(=O)NCc2ccc(F)cc2)c1. The van der Waals surface area contributed by atoms with Crippen molar-refractivity contribution in [2.24, 2.45) is 0 Å². The number of anilines is 2. The van der Waals surface area contributed by atoms with Gasteiger partial charge in [-0.15, -0.1) is 0 Å². The molecule has 3 aromatic rings. The number of nitrogens with zero attached hydrogens (tertiary/aromatic N) is 1. The average molecular weight is 421 g/mol. The molecule has 0 unspecified atom stereocenters.